The number of hydrogen-bond acceptors (Lipinski definition) is 11. The van der Waals surface area contributed by atoms with Gasteiger partial charge in [0.05, 0.1) is 23.2 Å². The maximum Gasteiger partial charge on any atom is 0.412 e. The number of nitro benzene ring substituents is 1. The molecule has 3 aliphatic carbocycles. The van der Waals surface area contributed by atoms with Gasteiger partial charge in [0, 0.05) is 62.8 Å². The highest BCUT2D eigenvalue weighted by Crippen LogP contribution is 2.62. The monoisotopic (exact) mass is 836 g/mol. The van der Waals surface area contributed by atoms with Crippen molar-refractivity contribution < 1.29 is 43.8 Å². The number of carbonyl (C=O) groups is 2. The molecule has 14 nitrogen and oxygen atoms in total. The number of nitrogens with zero attached hydrogens (tertiary/aromatic N) is 3. The van der Waals surface area contributed by atoms with E-state index in [2.05, 4.69) is 18.0 Å². The highest BCUT2D eigenvalue weighted by molar-refractivity contribution is 6.03. The number of unbranched alkanes of at least 4 members (excludes halogenated alkanes) is 2. The zero-order valence-electron chi connectivity index (χ0n) is 34.7. The number of benzene rings is 3. The van der Waals surface area contributed by atoms with Crippen LogP contribution in [0.1, 0.15) is 80.4 Å². The SMILES string of the molecule is C=CCOC12Oc3ccc(OC(=O)NCc4ccccc4)cc3C3C(CCCCO)C(CCCCO)C=C(C(=NOCc4ccc([N+](=O)[O-])cc4)CC1N(C)C(=O)C1CC1)C32. The standard InChI is InChI=1S/C47H56N4O10/c1-3-25-58-47-42(50(2)45(54)33-17-18-33)28-40(49-59-30-32-15-19-35(20-16-32)51(56)57)38-26-34(13-7-9-23-52)37(14-8-10-24-53)43(44(38)47)39-27-36(21-22-41(39)61-47)60-46(55)48-29-31-11-5-4-6-12-31/h3-6,11-12,15-16,19-22,26-27,33-34,37,42-44,52-53H,1,7-10,13-14,17-18,23-25,28-30H2,2H3,(H,48,55). The summed E-state index contributed by atoms with van der Waals surface area (Å²) in [6.45, 7) is 4.58. The summed E-state index contributed by atoms with van der Waals surface area (Å²) in [6, 6.07) is 20.4. The molecule has 2 amide bonds. The average Bonchev–Trinajstić information content (AvgIpc) is 4.13. The molecule has 324 valence electrons. The van der Waals surface area contributed by atoms with Crippen LogP contribution in [0.2, 0.25) is 0 Å². The molecular formula is C47H56N4O10. The molecule has 0 spiro atoms. The van der Waals surface area contributed by atoms with E-state index in [4.69, 9.17) is 24.2 Å². The van der Waals surface area contributed by atoms with Gasteiger partial charge in [-0.05, 0) is 97.4 Å². The maximum atomic E-state index is 14.1. The molecule has 3 N–H and O–H groups in total. The Morgan fingerprint density at radius 3 is 2.44 bits per heavy atom. The van der Waals surface area contributed by atoms with Crippen LogP contribution in [0.5, 0.6) is 11.5 Å². The number of aliphatic hydroxyl groups excluding tert-OH is 2. The van der Waals surface area contributed by atoms with Gasteiger partial charge in [-0.1, -0.05) is 60.5 Å². The summed E-state index contributed by atoms with van der Waals surface area (Å²) < 4.78 is 20.0. The topological polar surface area (TPSA) is 182 Å². The number of aliphatic hydroxyl groups is 2. The summed E-state index contributed by atoms with van der Waals surface area (Å²) in [6.07, 6.45) is 9.48. The van der Waals surface area contributed by atoms with Crippen molar-refractivity contribution in [3.63, 3.8) is 0 Å². The molecule has 6 unspecified atom stereocenters. The van der Waals surface area contributed by atoms with E-state index in [0.717, 1.165) is 55.2 Å². The van der Waals surface area contributed by atoms with Gasteiger partial charge in [0.25, 0.3) is 5.69 Å². The lowest BCUT2D eigenvalue weighted by atomic mass is 9.55. The van der Waals surface area contributed by atoms with Crippen molar-refractivity contribution in [2.75, 3.05) is 26.9 Å². The lowest BCUT2D eigenvalue weighted by Crippen LogP contribution is -2.69. The lowest BCUT2D eigenvalue weighted by molar-refractivity contribution is -0.384. The van der Waals surface area contributed by atoms with Gasteiger partial charge in [0.1, 0.15) is 24.1 Å². The van der Waals surface area contributed by atoms with E-state index in [0.29, 0.717) is 42.2 Å². The van der Waals surface area contributed by atoms with Gasteiger partial charge in [-0.25, -0.2) is 4.79 Å². The molecule has 0 aromatic heterocycles. The van der Waals surface area contributed by atoms with E-state index in [1.165, 1.54) is 12.1 Å². The van der Waals surface area contributed by atoms with E-state index in [1.54, 1.807) is 36.2 Å². The van der Waals surface area contributed by atoms with Crippen LogP contribution < -0.4 is 14.8 Å². The molecule has 0 bridgehead atoms. The number of nitrogens with one attached hydrogen (secondary N) is 1. The molecule has 2 saturated carbocycles. The largest absolute Gasteiger partial charge is 0.459 e. The summed E-state index contributed by atoms with van der Waals surface area (Å²) in [4.78, 5) is 45.9. The molecule has 61 heavy (non-hydrogen) atoms. The Labute approximate surface area is 356 Å². The van der Waals surface area contributed by atoms with E-state index in [1.807, 2.05) is 42.5 Å². The summed E-state index contributed by atoms with van der Waals surface area (Å²) in [5.41, 5.74) is 3.93. The Morgan fingerprint density at radius 1 is 1.02 bits per heavy atom. The van der Waals surface area contributed by atoms with Gasteiger partial charge in [-0.15, -0.1) is 6.58 Å². The molecule has 2 fully saturated rings. The first-order valence-electron chi connectivity index (χ1n) is 21.4. The minimum Gasteiger partial charge on any atom is -0.459 e. The molecule has 0 saturated heterocycles. The van der Waals surface area contributed by atoms with Crippen molar-refractivity contribution in [3.8, 4) is 11.5 Å². The van der Waals surface area contributed by atoms with E-state index < -0.39 is 28.8 Å². The quantitative estimate of drug-likeness (QED) is 0.0444. The second kappa shape index (κ2) is 19.9. The van der Waals surface area contributed by atoms with Gasteiger partial charge < -0.3 is 39.5 Å². The van der Waals surface area contributed by atoms with Crippen molar-refractivity contribution in [2.24, 2.45) is 28.8 Å². The molecule has 4 aliphatic rings. The van der Waals surface area contributed by atoms with Crippen molar-refractivity contribution in [3.05, 3.63) is 124 Å². The molecule has 0 radical (unpaired) electrons. The number of non-ortho nitro benzene ring substituents is 1. The molecule has 14 heteroatoms. The Hall–Kier alpha value is -5.57. The summed E-state index contributed by atoms with van der Waals surface area (Å²) in [7, 11) is 1.80. The summed E-state index contributed by atoms with van der Waals surface area (Å²) >= 11 is 0. The van der Waals surface area contributed by atoms with Crippen LogP contribution in [-0.4, -0.2) is 76.4 Å². The number of hydrogen-bond donors (Lipinski definition) is 3. The molecule has 6 atom stereocenters. The van der Waals surface area contributed by atoms with Crippen LogP contribution in [0.25, 0.3) is 0 Å². The lowest BCUT2D eigenvalue weighted by Gasteiger charge is -2.59. The third-order valence-electron chi connectivity index (χ3n) is 12.4. The smallest absolute Gasteiger partial charge is 0.412 e. The van der Waals surface area contributed by atoms with Crippen molar-refractivity contribution in [2.45, 2.75) is 88.7 Å². The van der Waals surface area contributed by atoms with Crippen LogP contribution >= 0.6 is 0 Å². The number of nitro groups is 1. The van der Waals surface area contributed by atoms with Crippen molar-refractivity contribution in [1.29, 1.82) is 0 Å². The summed E-state index contributed by atoms with van der Waals surface area (Å²) in [5.74, 6) is -1.43. The molecular weight excluding hydrogens is 781 g/mol. The fourth-order valence-corrected chi connectivity index (χ4v) is 9.37. The number of carbonyl (C=O) groups excluding carboxylic acids is 2. The molecule has 1 aliphatic heterocycles. The van der Waals surface area contributed by atoms with Crippen LogP contribution in [-0.2, 0) is 27.5 Å². The fourth-order valence-electron chi connectivity index (χ4n) is 9.37. The number of ether oxygens (including phenoxy) is 3. The van der Waals surface area contributed by atoms with Gasteiger partial charge in [-0.3, -0.25) is 14.9 Å². The van der Waals surface area contributed by atoms with Crippen molar-refractivity contribution >= 4 is 23.4 Å². The van der Waals surface area contributed by atoms with E-state index in [9.17, 15) is 29.9 Å². The number of likely N-dealkylation sites (N-methyl/N-ethyl adjacent to an activating group) is 1. The zero-order valence-corrected chi connectivity index (χ0v) is 34.7. The number of allylic oxidation sites excluding steroid dienone is 1. The normalized spacial score (nSPS) is 24.3. The number of amides is 2. The Kier molecular flexibility index (Phi) is 14.2. The van der Waals surface area contributed by atoms with Crippen LogP contribution in [0.15, 0.2) is 102 Å². The molecule has 7 rings (SSSR count). The van der Waals surface area contributed by atoms with Gasteiger partial charge >= 0.3 is 6.09 Å². The molecule has 3 aromatic carbocycles. The minimum atomic E-state index is -1.39. The highest BCUT2D eigenvalue weighted by Gasteiger charge is 2.65. The first kappa shape index (κ1) is 43.5. The number of fused-ring (bicyclic) bond motifs is 2. The summed E-state index contributed by atoms with van der Waals surface area (Å²) in [5, 5.41) is 38.7. The number of oxime groups is 1. The Balaban J connectivity index is 1.34. The Morgan fingerprint density at radius 2 is 1.75 bits per heavy atom. The minimum absolute atomic E-state index is 0.00134. The highest BCUT2D eigenvalue weighted by atomic mass is 16.7. The molecule has 3 aromatic rings. The van der Waals surface area contributed by atoms with Crippen LogP contribution in [0, 0.1) is 33.8 Å². The van der Waals surface area contributed by atoms with Gasteiger partial charge in [0.2, 0.25) is 11.7 Å². The van der Waals surface area contributed by atoms with Crippen LogP contribution in [0.4, 0.5) is 10.5 Å². The predicted octanol–water partition coefficient (Wildman–Crippen LogP) is 7.59. The first-order valence-corrected chi connectivity index (χ1v) is 21.4. The van der Waals surface area contributed by atoms with Crippen LogP contribution in [0.3, 0.4) is 0 Å². The van der Waals surface area contributed by atoms with Crippen molar-refractivity contribution in [1.82, 2.24) is 10.2 Å². The van der Waals surface area contributed by atoms with E-state index in [-0.39, 0.29) is 68.1 Å². The van der Waals surface area contributed by atoms with E-state index >= 15 is 0 Å². The predicted molar refractivity (Wildman–Crippen MR) is 228 cm³/mol. The molecule has 1 heterocycles. The third kappa shape index (κ3) is 9.82. The number of rotatable bonds is 20. The second-order valence-corrected chi connectivity index (χ2v) is 16.4. The zero-order chi connectivity index (χ0) is 42.9. The van der Waals surface area contributed by atoms with Gasteiger partial charge in [-0.2, -0.15) is 0 Å². The third-order valence-corrected chi connectivity index (χ3v) is 12.4. The van der Waals surface area contributed by atoms with Gasteiger partial charge in [0.15, 0.2) is 0 Å². The average molecular weight is 837 g/mol. The second-order valence-electron chi connectivity index (χ2n) is 16.4. The fraction of sp³-hybridized carbons (Fsp3) is 0.468. The Bertz CT molecular complexity index is 2090. The first-order chi connectivity index (χ1) is 29.7. The maximum absolute atomic E-state index is 14.1.